The third kappa shape index (κ3) is 4.64. The lowest BCUT2D eigenvalue weighted by Crippen LogP contribution is -2.45. The first-order chi connectivity index (χ1) is 12.0. The van der Waals surface area contributed by atoms with Crippen molar-refractivity contribution in [2.45, 2.75) is 40.7 Å². The van der Waals surface area contributed by atoms with Gasteiger partial charge in [-0.05, 0) is 81.1 Å². The van der Waals surface area contributed by atoms with Crippen LogP contribution in [0, 0.1) is 27.7 Å². The van der Waals surface area contributed by atoms with Crippen molar-refractivity contribution in [1.29, 1.82) is 0 Å². The van der Waals surface area contributed by atoms with Crippen molar-refractivity contribution >= 4 is 27.3 Å². The van der Waals surface area contributed by atoms with E-state index in [9.17, 15) is 13.2 Å². The highest BCUT2D eigenvalue weighted by Gasteiger charge is 2.29. The number of rotatable bonds is 5. The molecule has 0 radical (unpaired) electrons. The summed E-state index contributed by atoms with van der Waals surface area (Å²) in [4.78, 5) is 12.7. The van der Waals surface area contributed by atoms with E-state index in [0.717, 1.165) is 32.8 Å². The number of amides is 1. The first kappa shape index (κ1) is 20.0. The predicted octanol–water partition coefficient (Wildman–Crippen LogP) is 3.71. The molecule has 0 bridgehead atoms. The Labute approximate surface area is 156 Å². The first-order valence-electron chi connectivity index (χ1n) is 8.45. The summed E-state index contributed by atoms with van der Waals surface area (Å²) in [5.41, 5.74) is 5.24. The van der Waals surface area contributed by atoms with Gasteiger partial charge in [0.05, 0.1) is 11.9 Å². The molecule has 0 aliphatic carbocycles. The molecular weight excluding hydrogens is 348 g/mol. The van der Waals surface area contributed by atoms with E-state index < -0.39 is 16.1 Å². The number of nitrogens with zero attached hydrogens (tertiary/aromatic N) is 1. The van der Waals surface area contributed by atoms with Crippen LogP contribution in [0.3, 0.4) is 0 Å². The molecule has 0 saturated heterocycles. The Morgan fingerprint density at radius 2 is 1.54 bits per heavy atom. The number of hydrogen-bond acceptors (Lipinski definition) is 3. The van der Waals surface area contributed by atoms with E-state index in [4.69, 9.17) is 0 Å². The lowest BCUT2D eigenvalue weighted by Gasteiger charge is -2.28. The van der Waals surface area contributed by atoms with Gasteiger partial charge < -0.3 is 5.32 Å². The number of aryl methyl sites for hydroxylation is 4. The van der Waals surface area contributed by atoms with Crippen molar-refractivity contribution in [3.8, 4) is 0 Å². The van der Waals surface area contributed by atoms with Gasteiger partial charge in [0.15, 0.2) is 0 Å². The largest absolute Gasteiger partial charge is 0.324 e. The van der Waals surface area contributed by atoms with Crippen molar-refractivity contribution in [2.75, 3.05) is 15.9 Å². The molecule has 0 heterocycles. The van der Waals surface area contributed by atoms with Crippen molar-refractivity contribution in [2.24, 2.45) is 0 Å². The molecule has 1 amide bonds. The number of carbonyl (C=O) groups excluding carboxylic acids is 1. The maximum atomic E-state index is 12.7. The molecule has 0 aromatic heterocycles. The van der Waals surface area contributed by atoms with Crippen LogP contribution in [0.2, 0.25) is 0 Å². The number of anilines is 2. The lowest BCUT2D eigenvalue weighted by molar-refractivity contribution is -0.116. The summed E-state index contributed by atoms with van der Waals surface area (Å²) in [6.07, 6.45) is 1.11. The average Bonchev–Trinajstić information content (AvgIpc) is 2.48. The van der Waals surface area contributed by atoms with Gasteiger partial charge >= 0.3 is 0 Å². The summed E-state index contributed by atoms with van der Waals surface area (Å²) < 4.78 is 25.9. The van der Waals surface area contributed by atoms with Crippen molar-refractivity contribution < 1.29 is 13.2 Å². The predicted molar refractivity (Wildman–Crippen MR) is 107 cm³/mol. The topological polar surface area (TPSA) is 66.5 Å². The summed E-state index contributed by atoms with van der Waals surface area (Å²) in [5, 5.41) is 2.83. The molecule has 6 heteroatoms. The number of carbonyl (C=O) groups is 1. The zero-order chi connectivity index (χ0) is 19.6. The molecule has 2 rings (SSSR count). The number of sulfonamides is 1. The molecule has 0 spiro atoms. The quantitative estimate of drug-likeness (QED) is 0.867. The van der Waals surface area contributed by atoms with Crippen LogP contribution in [-0.2, 0) is 14.8 Å². The fourth-order valence-corrected chi connectivity index (χ4v) is 4.13. The molecule has 0 saturated carbocycles. The molecule has 1 unspecified atom stereocenters. The molecule has 0 aliphatic heterocycles. The monoisotopic (exact) mass is 374 g/mol. The molecule has 2 aromatic rings. The Hall–Kier alpha value is -2.34. The maximum absolute atomic E-state index is 12.7. The Morgan fingerprint density at radius 3 is 2.04 bits per heavy atom. The van der Waals surface area contributed by atoms with Crippen LogP contribution in [-0.4, -0.2) is 26.6 Å². The molecule has 140 valence electrons. The van der Waals surface area contributed by atoms with Crippen LogP contribution in [0.5, 0.6) is 0 Å². The minimum absolute atomic E-state index is 0.376. The lowest BCUT2D eigenvalue weighted by atomic mass is 10.1. The Bertz CT molecular complexity index is 916. The molecule has 1 N–H and O–H groups in total. The van der Waals surface area contributed by atoms with Gasteiger partial charge in [-0.2, -0.15) is 0 Å². The maximum Gasteiger partial charge on any atom is 0.247 e. The Kier molecular flexibility index (Phi) is 5.76. The van der Waals surface area contributed by atoms with E-state index >= 15 is 0 Å². The van der Waals surface area contributed by atoms with Gasteiger partial charge in [-0.3, -0.25) is 9.10 Å². The summed E-state index contributed by atoms with van der Waals surface area (Å²) in [7, 11) is -3.63. The second-order valence-electron chi connectivity index (χ2n) is 6.87. The van der Waals surface area contributed by atoms with Crippen LogP contribution in [0.25, 0.3) is 0 Å². The van der Waals surface area contributed by atoms with Crippen LogP contribution >= 0.6 is 0 Å². The number of hydrogen-bond donors (Lipinski definition) is 1. The normalized spacial score (nSPS) is 12.5. The summed E-state index contributed by atoms with van der Waals surface area (Å²) in [5.74, 6) is -0.376. The van der Waals surface area contributed by atoms with Gasteiger partial charge in [0.25, 0.3) is 0 Å². The van der Waals surface area contributed by atoms with E-state index in [1.165, 1.54) is 0 Å². The minimum Gasteiger partial charge on any atom is -0.324 e. The standard InChI is InChI=1S/C20H26N2O3S/c1-13-9-14(2)11-18(10-13)21-20(23)17(5)22(26(6,24)25)19-8-7-15(3)16(4)12-19/h7-12,17H,1-6H3,(H,21,23). The van der Waals surface area contributed by atoms with E-state index in [2.05, 4.69) is 5.32 Å². The molecule has 0 fully saturated rings. The first-order valence-corrected chi connectivity index (χ1v) is 10.3. The highest BCUT2D eigenvalue weighted by molar-refractivity contribution is 7.92. The smallest absolute Gasteiger partial charge is 0.247 e. The van der Waals surface area contributed by atoms with Crippen LogP contribution in [0.15, 0.2) is 36.4 Å². The molecular formula is C20H26N2O3S. The van der Waals surface area contributed by atoms with Crippen LogP contribution in [0.4, 0.5) is 11.4 Å². The highest BCUT2D eigenvalue weighted by atomic mass is 32.2. The Balaban J connectivity index is 2.35. The van der Waals surface area contributed by atoms with E-state index in [-0.39, 0.29) is 5.91 Å². The zero-order valence-electron chi connectivity index (χ0n) is 16.1. The molecule has 0 aliphatic rings. The summed E-state index contributed by atoms with van der Waals surface area (Å²) in [6, 6.07) is 10.2. The third-order valence-corrected chi connectivity index (χ3v) is 5.56. The zero-order valence-corrected chi connectivity index (χ0v) is 16.9. The second-order valence-corrected chi connectivity index (χ2v) is 8.73. The van der Waals surface area contributed by atoms with Crippen LogP contribution < -0.4 is 9.62 Å². The highest BCUT2D eigenvalue weighted by Crippen LogP contribution is 2.24. The van der Waals surface area contributed by atoms with Gasteiger partial charge in [-0.15, -0.1) is 0 Å². The second kappa shape index (κ2) is 7.50. The molecule has 2 aromatic carbocycles. The molecule has 1 atom stereocenters. The summed E-state index contributed by atoms with van der Waals surface area (Å²) >= 11 is 0. The number of nitrogens with one attached hydrogen (secondary N) is 1. The van der Waals surface area contributed by atoms with Gasteiger partial charge in [0.2, 0.25) is 15.9 Å². The van der Waals surface area contributed by atoms with Crippen molar-refractivity contribution in [1.82, 2.24) is 0 Å². The van der Waals surface area contributed by atoms with E-state index in [1.807, 2.05) is 52.0 Å². The fourth-order valence-electron chi connectivity index (χ4n) is 2.97. The van der Waals surface area contributed by atoms with Crippen molar-refractivity contribution in [3.63, 3.8) is 0 Å². The number of benzene rings is 2. The average molecular weight is 375 g/mol. The van der Waals surface area contributed by atoms with E-state index in [1.54, 1.807) is 19.1 Å². The van der Waals surface area contributed by atoms with Gasteiger partial charge in [-0.25, -0.2) is 8.42 Å². The van der Waals surface area contributed by atoms with Gasteiger partial charge in [0, 0.05) is 5.69 Å². The van der Waals surface area contributed by atoms with Gasteiger partial charge in [-0.1, -0.05) is 12.1 Å². The van der Waals surface area contributed by atoms with Crippen molar-refractivity contribution in [3.05, 3.63) is 58.7 Å². The van der Waals surface area contributed by atoms with E-state index in [0.29, 0.717) is 11.4 Å². The fraction of sp³-hybridized carbons (Fsp3) is 0.350. The third-order valence-electron chi connectivity index (χ3n) is 4.32. The van der Waals surface area contributed by atoms with Crippen LogP contribution in [0.1, 0.15) is 29.2 Å². The minimum atomic E-state index is -3.63. The molecule has 5 nitrogen and oxygen atoms in total. The van der Waals surface area contributed by atoms with Gasteiger partial charge in [0.1, 0.15) is 6.04 Å². The SMILES string of the molecule is Cc1cc(C)cc(NC(=O)C(C)N(c2ccc(C)c(C)c2)S(C)(=O)=O)c1. The Morgan fingerprint density at radius 1 is 0.962 bits per heavy atom. The molecule has 26 heavy (non-hydrogen) atoms. The summed E-state index contributed by atoms with van der Waals surface area (Å²) in [6.45, 7) is 9.36.